The van der Waals surface area contributed by atoms with E-state index in [-0.39, 0.29) is 38.9 Å². The average Bonchev–Trinajstić information content (AvgIpc) is 3.44. The number of rotatable bonds is 6. The van der Waals surface area contributed by atoms with E-state index in [9.17, 15) is 14.4 Å². The Hall–Kier alpha value is -4.02. The molecule has 1 fully saturated rings. The number of methoxy groups -OCH3 is 2. The number of carbonyl (C=O) groups excluding carboxylic acids is 3. The van der Waals surface area contributed by atoms with E-state index in [1.165, 1.54) is 38.5 Å². The summed E-state index contributed by atoms with van der Waals surface area (Å²) in [5.41, 5.74) is 0.135. The third-order valence-electron chi connectivity index (χ3n) is 7.94. The highest BCUT2D eigenvalue weighted by Crippen LogP contribution is 2.56. The lowest BCUT2D eigenvalue weighted by Gasteiger charge is -2.37. The molecule has 1 aromatic heterocycles. The molecule has 0 radical (unpaired) electrons. The van der Waals surface area contributed by atoms with Crippen molar-refractivity contribution in [3.8, 4) is 5.75 Å². The molecule has 220 valence electrons. The van der Waals surface area contributed by atoms with Crippen LogP contribution in [0.5, 0.6) is 5.75 Å². The number of halogens is 2. The van der Waals surface area contributed by atoms with Crippen LogP contribution in [-0.2, 0) is 19.7 Å². The maximum absolute atomic E-state index is 15.9. The number of pyridine rings is 1. The normalized spacial score (nSPS) is 22.9. The van der Waals surface area contributed by atoms with E-state index in [1.54, 1.807) is 30.6 Å². The molecule has 0 aliphatic carbocycles. The molecular weight excluding hydrogens is 563 g/mol. The second kappa shape index (κ2) is 11.0. The van der Waals surface area contributed by atoms with Crippen molar-refractivity contribution in [2.24, 2.45) is 5.41 Å². The Morgan fingerprint density at radius 3 is 2.62 bits per heavy atom. The Bertz CT molecular complexity index is 1580. The second-order valence-electron chi connectivity index (χ2n) is 11.7. The molecule has 3 aromatic rings. The molecular formula is C31H32ClFN4O5. The van der Waals surface area contributed by atoms with Crippen LogP contribution in [-0.4, -0.2) is 49.1 Å². The number of ether oxygens (including phenoxy) is 2. The summed E-state index contributed by atoms with van der Waals surface area (Å²) in [5, 5.41) is 9.13. The monoisotopic (exact) mass is 594 g/mol. The van der Waals surface area contributed by atoms with Crippen molar-refractivity contribution in [1.82, 2.24) is 10.3 Å². The molecule has 4 atom stereocenters. The van der Waals surface area contributed by atoms with Crippen molar-refractivity contribution >= 4 is 40.8 Å². The van der Waals surface area contributed by atoms with Gasteiger partial charge in [0.25, 0.3) is 0 Å². The van der Waals surface area contributed by atoms with Crippen molar-refractivity contribution in [1.29, 1.82) is 0 Å². The number of benzene rings is 2. The minimum Gasteiger partial charge on any atom is -0.495 e. The van der Waals surface area contributed by atoms with Crippen LogP contribution in [0.25, 0.3) is 0 Å². The number of fused-ring (bicyclic) bond motifs is 2. The number of amides is 2. The van der Waals surface area contributed by atoms with Crippen LogP contribution in [0.3, 0.4) is 0 Å². The first-order valence-corrected chi connectivity index (χ1v) is 13.8. The molecule has 1 spiro atoms. The summed E-state index contributed by atoms with van der Waals surface area (Å²) in [4.78, 5) is 44.7. The van der Waals surface area contributed by atoms with Crippen molar-refractivity contribution in [3.63, 3.8) is 0 Å². The summed E-state index contributed by atoms with van der Waals surface area (Å²) in [6, 6.07) is 9.10. The van der Waals surface area contributed by atoms with Crippen LogP contribution < -0.4 is 20.7 Å². The Kier molecular flexibility index (Phi) is 7.72. The van der Waals surface area contributed by atoms with Gasteiger partial charge in [-0.1, -0.05) is 44.5 Å². The molecule has 5 rings (SSSR count). The third kappa shape index (κ3) is 4.88. The van der Waals surface area contributed by atoms with Crippen molar-refractivity contribution < 1.29 is 28.2 Å². The van der Waals surface area contributed by atoms with Crippen LogP contribution in [0.1, 0.15) is 54.6 Å². The maximum Gasteiger partial charge on any atom is 0.337 e. The molecule has 2 aromatic carbocycles. The third-order valence-corrected chi connectivity index (χ3v) is 8.23. The van der Waals surface area contributed by atoms with Crippen LogP contribution in [0.2, 0.25) is 5.02 Å². The molecule has 1 saturated heterocycles. The van der Waals surface area contributed by atoms with E-state index in [0.717, 1.165) is 0 Å². The number of aromatic nitrogens is 1. The second-order valence-corrected chi connectivity index (χ2v) is 12.1. The predicted octanol–water partition coefficient (Wildman–Crippen LogP) is 5.06. The van der Waals surface area contributed by atoms with Gasteiger partial charge >= 0.3 is 5.97 Å². The summed E-state index contributed by atoms with van der Waals surface area (Å²) in [6.07, 6.45) is 3.66. The lowest BCUT2D eigenvalue weighted by Crippen LogP contribution is -2.49. The number of esters is 1. The van der Waals surface area contributed by atoms with Gasteiger partial charge in [-0.25, -0.2) is 9.18 Å². The van der Waals surface area contributed by atoms with E-state index >= 15 is 4.39 Å². The predicted molar refractivity (Wildman–Crippen MR) is 156 cm³/mol. The smallest absolute Gasteiger partial charge is 0.337 e. The zero-order chi connectivity index (χ0) is 30.4. The van der Waals surface area contributed by atoms with Gasteiger partial charge in [0.2, 0.25) is 11.8 Å². The first-order chi connectivity index (χ1) is 19.9. The topological polar surface area (TPSA) is 119 Å². The molecule has 0 saturated carbocycles. The molecule has 42 heavy (non-hydrogen) atoms. The minimum atomic E-state index is -1.39. The zero-order valence-corrected chi connectivity index (χ0v) is 24.6. The molecule has 2 aliphatic heterocycles. The molecule has 9 nitrogen and oxygen atoms in total. The fraction of sp³-hybridized carbons (Fsp3) is 0.355. The first kappa shape index (κ1) is 29.5. The number of nitrogens with one attached hydrogen (secondary N) is 3. The van der Waals surface area contributed by atoms with Gasteiger partial charge in [0, 0.05) is 35.6 Å². The summed E-state index contributed by atoms with van der Waals surface area (Å²) < 4.78 is 26.1. The Morgan fingerprint density at radius 2 is 1.93 bits per heavy atom. The quantitative estimate of drug-likeness (QED) is 0.341. The standard InChI is InChI=1S/C31H32ClFN4O5/c1-30(2,3)14-23-31(18-15-34-12-11-20(18)36-29(31)40)24(17-7-6-8-19(32)25(17)33)26(37-23)27(38)35-21-10-9-16(28(39)42-5)13-22(21)41-4/h6-13,15,23-24,26,37H,14H2,1-5H3,(H,35,38)(H,36,40)/t23-,24-,26+,31+/m0/s1. The highest BCUT2D eigenvalue weighted by Gasteiger charge is 2.66. The van der Waals surface area contributed by atoms with Crippen LogP contribution in [0, 0.1) is 11.2 Å². The van der Waals surface area contributed by atoms with Crippen LogP contribution in [0.4, 0.5) is 15.8 Å². The van der Waals surface area contributed by atoms with Crippen molar-refractivity contribution in [2.45, 2.75) is 50.6 Å². The van der Waals surface area contributed by atoms with Gasteiger partial charge in [-0.2, -0.15) is 0 Å². The zero-order valence-electron chi connectivity index (χ0n) is 23.9. The Labute approximate surface area is 248 Å². The summed E-state index contributed by atoms with van der Waals surface area (Å²) in [6.45, 7) is 6.11. The molecule has 3 heterocycles. The Balaban J connectivity index is 1.67. The summed E-state index contributed by atoms with van der Waals surface area (Å²) in [7, 11) is 2.67. The van der Waals surface area contributed by atoms with E-state index in [0.29, 0.717) is 17.7 Å². The lowest BCUT2D eigenvalue weighted by molar-refractivity contribution is -0.122. The Morgan fingerprint density at radius 1 is 1.17 bits per heavy atom. The van der Waals surface area contributed by atoms with Gasteiger partial charge in [0.15, 0.2) is 0 Å². The van der Waals surface area contributed by atoms with Gasteiger partial charge in [-0.05, 0) is 47.7 Å². The van der Waals surface area contributed by atoms with E-state index in [2.05, 4.69) is 20.9 Å². The van der Waals surface area contributed by atoms with Crippen molar-refractivity contribution in [3.05, 3.63) is 82.4 Å². The van der Waals surface area contributed by atoms with E-state index in [1.807, 2.05) is 20.8 Å². The minimum absolute atomic E-state index is 0.119. The van der Waals surface area contributed by atoms with Crippen molar-refractivity contribution in [2.75, 3.05) is 24.9 Å². The highest BCUT2D eigenvalue weighted by atomic mass is 35.5. The molecule has 3 N–H and O–H groups in total. The number of anilines is 2. The van der Waals surface area contributed by atoms with Gasteiger partial charge < -0.3 is 25.4 Å². The molecule has 2 amide bonds. The number of nitrogens with zero attached hydrogens (tertiary/aromatic N) is 1. The van der Waals surface area contributed by atoms with E-state index < -0.39 is 41.1 Å². The number of hydrogen-bond donors (Lipinski definition) is 3. The SMILES string of the molecule is COC(=O)c1ccc(NC(=O)[C@@H]2N[C@@H](CC(C)(C)C)[C@@]3(C(=O)Nc4ccncc43)[C@H]2c2cccc(Cl)c2F)c(OC)c1. The molecule has 0 unspecified atom stereocenters. The summed E-state index contributed by atoms with van der Waals surface area (Å²) in [5.74, 6) is -2.93. The van der Waals surface area contributed by atoms with Gasteiger partial charge in [-0.3, -0.25) is 14.6 Å². The molecule has 0 bridgehead atoms. The highest BCUT2D eigenvalue weighted by molar-refractivity contribution is 6.30. The van der Waals surface area contributed by atoms with E-state index in [4.69, 9.17) is 21.1 Å². The van der Waals surface area contributed by atoms with Crippen LogP contribution >= 0.6 is 11.6 Å². The maximum atomic E-state index is 15.9. The first-order valence-electron chi connectivity index (χ1n) is 13.5. The fourth-order valence-corrected chi connectivity index (χ4v) is 6.44. The number of carbonyl (C=O) groups is 3. The largest absolute Gasteiger partial charge is 0.495 e. The van der Waals surface area contributed by atoms with Gasteiger partial charge in [-0.15, -0.1) is 0 Å². The van der Waals surface area contributed by atoms with Crippen LogP contribution in [0.15, 0.2) is 54.9 Å². The van der Waals surface area contributed by atoms with Gasteiger partial charge in [0.1, 0.15) is 17.0 Å². The molecule has 2 aliphatic rings. The molecule has 11 heteroatoms. The van der Waals surface area contributed by atoms with Gasteiger partial charge in [0.05, 0.1) is 36.5 Å². The number of hydrogen-bond acceptors (Lipinski definition) is 7. The lowest BCUT2D eigenvalue weighted by atomic mass is 9.62. The average molecular weight is 595 g/mol. The summed E-state index contributed by atoms with van der Waals surface area (Å²) >= 11 is 6.25. The fourth-order valence-electron chi connectivity index (χ4n) is 6.25.